The fraction of sp³-hybridized carbons (Fsp3) is 0.579. The van der Waals surface area contributed by atoms with Crippen molar-refractivity contribution in [1.82, 2.24) is 14.7 Å². The second-order valence-electron chi connectivity index (χ2n) is 7.09. The Morgan fingerprint density at radius 1 is 1.11 bits per heavy atom. The molecule has 1 aromatic carbocycles. The van der Waals surface area contributed by atoms with Crippen molar-refractivity contribution in [3.63, 3.8) is 0 Å². The van der Waals surface area contributed by atoms with Crippen molar-refractivity contribution in [2.45, 2.75) is 25.3 Å². The number of ether oxygens (including phenoxy) is 1. The smallest absolute Gasteiger partial charge is 0.409 e. The molecular weight excluding hydrogens is 389 g/mol. The van der Waals surface area contributed by atoms with E-state index in [1.165, 1.54) is 20.0 Å². The largest absolute Gasteiger partial charge is 0.453 e. The Hall–Kier alpha value is -1.50. The van der Waals surface area contributed by atoms with Gasteiger partial charge in [-0.3, -0.25) is 4.79 Å². The third-order valence-electron chi connectivity index (χ3n) is 5.24. The van der Waals surface area contributed by atoms with Gasteiger partial charge < -0.3 is 19.4 Å². The first-order chi connectivity index (χ1) is 13.0. The van der Waals surface area contributed by atoms with Crippen LogP contribution in [-0.4, -0.2) is 79.1 Å². The van der Waals surface area contributed by atoms with Gasteiger partial charge >= 0.3 is 6.09 Å². The summed E-state index contributed by atoms with van der Waals surface area (Å²) >= 11 is 12.0. The maximum absolute atomic E-state index is 13.0. The van der Waals surface area contributed by atoms with Gasteiger partial charge in [-0.2, -0.15) is 0 Å². The van der Waals surface area contributed by atoms with E-state index in [2.05, 4.69) is 4.90 Å². The average Bonchev–Trinajstić information content (AvgIpc) is 3.17. The van der Waals surface area contributed by atoms with Gasteiger partial charge in [0.05, 0.1) is 29.6 Å². The summed E-state index contributed by atoms with van der Waals surface area (Å²) in [5.74, 6) is 0.0436. The number of likely N-dealkylation sites (tertiary alicyclic amines) is 1. The Morgan fingerprint density at radius 2 is 1.85 bits per heavy atom. The Kier molecular flexibility index (Phi) is 6.84. The second kappa shape index (κ2) is 9.13. The molecular formula is C19H25Cl2N3O3. The summed E-state index contributed by atoms with van der Waals surface area (Å²) in [4.78, 5) is 30.9. The van der Waals surface area contributed by atoms with E-state index in [0.717, 1.165) is 25.2 Å². The van der Waals surface area contributed by atoms with Gasteiger partial charge in [-0.25, -0.2) is 4.79 Å². The lowest BCUT2D eigenvalue weighted by molar-refractivity contribution is -0.135. The molecule has 1 atom stereocenters. The highest BCUT2D eigenvalue weighted by atomic mass is 35.5. The van der Waals surface area contributed by atoms with Crippen LogP contribution in [0.3, 0.4) is 0 Å². The SMILES string of the molecule is COC(=O)N1CCN(C(=O)Cc2ccc(Cl)c(Cl)c2)[C@@H](CN2CCCC2)C1. The summed E-state index contributed by atoms with van der Waals surface area (Å²) < 4.78 is 4.87. The van der Waals surface area contributed by atoms with Gasteiger partial charge in [-0.1, -0.05) is 29.3 Å². The summed E-state index contributed by atoms with van der Waals surface area (Å²) in [5.41, 5.74) is 0.838. The van der Waals surface area contributed by atoms with Crippen LogP contribution in [0.5, 0.6) is 0 Å². The molecule has 2 aliphatic heterocycles. The van der Waals surface area contributed by atoms with E-state index in [4.69, 9.17) is 27.9 Å². The number of halogens is 2. The minimum absolute atomic E-state index is 0.0359. The molecule has 2 heterocycles. The molecule has 27 heavy (non-hydrogen) atoms. The fourth-order valence-electron chi connectivity index (χ4n) is 3.82. The van der Waals surface area contributed by atoms with Crippen LogP contribution in [0.25, 0.3) is 0 Å². The van der Waals surface area contributed by atoms with Crippen molar-refractivity contribution in [3.8, 4) is 0 Å². The Labute approximate surface area is 169 Å². The first-order valence-corrected chi connectivity index (χ1v) is 10.0. The molecule has 2 fully saturated rings. The Bertz CT molecular complexity index is 695. The zero-order valence-corrected chi connectivity index (χ0v) is 17.0. The molecule has 0 saturated carbocycles. The minimum Gasteiger partial charge on any atom is -0.453 e. The van der Waals surface area contributed by atoms with Gasteiger partial charge in [0.2, 0.25) is 5.91 Å². The van der Waals surface area contributed by atoms with Gasteiger partial charge in [0.15, 0.2) is 0 Å². The van der Waals surface area contributed by atoms with E-state index < -0.39 is 0 Å². The molecule has 0 radical (unpaired) electrons. The van der Waals surface area contributed by atoms with Gasteiger partial charge in [-0.15, -0.1) is 0 Å². The minimum atomic E-state index is -0.335. The molecule has 0 aliphatic carbocycles. The number of carbonyl (C=O) groups is 2. The van der Waals surface area contributed by atoms with Crippen LogP contribution in [0.15, 0.2) is 18.2 Å². The van der Waals surface area contributed by atoms with Crippen molar-refractivity contribution >= 4 is 35.2 Å². The van der Waals surface area contributed by atoms with Crippen molar-refractivity contribution in [2.75, 3.05) is 46.4 Å². The molecule has 0 N–H and O–H groups in total. The number of hydrogen-bond acceptors (Lipinski definition) is 4. The van der Waals surface area contributed by atoms with Crippen LogP contribution in [0.4, 0.5) is 4.79 Å². The summed E-state index contributed by atoms with van der Waals surface area (Å²) in [6.07, 6.45) is 2.30. The zero-order chi connectivity index (χ0) is 19.4. The Morgan fingerprint density at radius 3 is 2.52 bits per heavy atom. The van der Waals surface area contributed by atoms with Crippen LogP contribution in [-0.2, 0) is 16.0 Å². The number of carbonyl (C=O) groups excluding carboxylic acids is 2. The number of methoxy groups -OCH3 is 1. The molecule has 3 rings (SSSR count). The van der Waals surface area contributed by atoms with E-state index in [0.29, 0.717) is 29.7 Å². The van der Waals surface area contributed by atoms with Crippen LogP contribution >= 0.6 is 23.2 Å². The fourth-order valence-corrected chi connectivity index (χ4v) is 4.14. The van der Waals surface area contributed by atoms with Crippen LogP contribution in [0, 0.1) is 0 Å². The highest BCUT2D eigenvalue weighted by Gasteiger charge is 2.34. The third-order valence-corrected chi connectivity index (χ3v) is 5.98. The average molecular weight is 414 g/mol. The first-order valence-electron chi connectivity index (χ1n) is 9.26. The molecule has 2 saturated heterocycles. The first kappa shape index (κ1) is 20.2. The molecule has 0 bridgehead atoms. The Balaban J connectivity index is 1.70. The van der Waals surface area contributed by atoms with Gasteiger partial charge in [-0.05, 0) is 43.6 Å². The lowest BCUT2D eigenvalue weighted by Crippen LogP contribution is -2.59. The molecule has 6 nitrogen and oxygen atoms in total. The maximum atomic E-state index is 13.0. The number of amides is 2. The predicted octanol–water partition coefficient (Wildman–Crippen LogP) is 2.91. The summed E-state index contributed by atoms with van der Waals surface area (Å²) in [6.45, 7) is 4.36. The number of nitrogens with zero attached hydrogens (tertiary/aromatic N) is 3. The van der Waals surface area contributed by atoms with Gasteiger partial charge in [0, 0.05) is 26.2 Å². The molecule has 2 amide bonds. The van der Waals surface area contributed by atoms with Crippen LogP contribution in [0.1, 0.15) is 18.4 Å². The van der Waals surface area contributed by atoms with Crippen molar-refractivity contribution in [3.05, 3.63) is 33.8 Å². The predicted molar refractivity (Wildman–Crippen MR) is 105 cm³/mol. The number of hydrogen-bond donors (Lipinski definition) is 0. The normalized spacial score (nSPS) is 20.8. The summed E-state index contributed by atoms with van der Waals surface area (Å²) in [6, 6.07) is 5.24. The molecule has 0 unspecified atom stereocenters. The van der Waals surface area contributed by atoms with E-state index in [1.54, 1.807) is 17.0 Å². The number of benzene rings is 1. The molecule has 148 valence electrons. The highest BCUT2D eigenvalue weighted by Crippen LogP contribution is 2.24. The molecule has 1 aromatic rings. The van der Waals surface area contributed by atoms with Crippen molar-refractivity contribution in [2.24, 2.45) is 0 Å². The number of piperazine rings is 1. The van der Waals surface area contributed by atoms with E-state index in [1.807, 2.05) is 11.0 Å². The zero-order valence-electron chi connectivity index (χ0n) is 15.5. The standard InChI is InChI=1S/C19H25Cl2N3O3/c1-27-19(26)23-8-9-24(15(13-23)12-22-6-2-3-7-22)18(25)11-14-4-5-16(20)17(21)10-14/h4-5,10,15H,2-3,6-9,11-13H2,1H3/t15-/m0/s1. The van der Waals surface area contributed by atoms with Crippen LogP contribution < -0.4 is 0 Å². The summed E-state index contributed by atoms with van der Waals surface area (Å²) in [7, 11) is 1.39. The topological polar surface area (TPSA) is 53.1 Å². The summed E-state index contributed by atoms with van der Waals surface area (Å²) in [5, 5.41) is 0.928. The van der Waals surface area contributed by atoms with Crippen molar-refractivity contribution < 1.29 is 14.3 Å². The van der Waals surface area contributed by atoms with Gasteiger partial charge in [0.25, 0.3) is 0 Å². The quantitative estimate of drug-likeness (QED) is 0.761. The van der Waals surface area contributed by atoms with Gasteiger partial charge in [0.1, 0.15) is 0 Å². The highest BCUT2D eigenvalue weighted by molar-refractivity contribution is 6.42. The lowest BCUT2D eigenvalue weighted by atomic mass is 10.1. The second-order valence-corrected chi connectivity index (χ2v) is 7.90. The van der Waals surface area contributed by atoms with E-state index >= 15 is 0 Å². The third kappa shape index (κ3) is 5.06. The molecule has 0 aromatic heterocycles. The maximum Gasteiger partial charge on any atom is 0.409 e. The molecule has 2 aliphatic rings. The molecule has 8 heteroatoms. The van der Waals surface area contributed by atoms with Crippen LogP contribution in [0.2, 0.25) is 10.0 Å². The van der Waals surface area contributed by atoms with E-state index in [9.17, 15) is 9.59 Å². The van der Waals surface area contributed by atoms with Crippen molar-refractivity contribution in [1.29, 1.82) is 0 Å². The lowest BCUT2D eigenvalue weighted by Gasteiger charge is -2.42. The molecule has 0 spiro atoms. The number of rotatable bonds is 4. The monoisotopic (exact) mass is 413 g/mol. The van der Waals surface area contributed by atoms with E-state index in [-0.39, 0.29) is 24.5 Å².